The number of carbonyl (C=O) groups is 1. The van der Waals surface area contributed by atoms with E-state index in [0.29, 0.717) is 36.2 Å². The summed E-state index contributed by atoms with van der Waals surface area (Å²) in [5.74, 6) is -0.138. The summed E-state index contributed by atoms with van der Waals surface area (Å²) in [6.07, 6.45) is 11.2. The highest BCUT2D eigenvalue weighted by Gasteiger charge is 2.18. The normalized spacial score (nSPS) is 16.4. The van der Waals surface area contributed by atoms with Gasteiger partial charge in [-0.15, -0.1) is 0 Å². The molecule has 0 aromatic carbocycles. The van der Waals surface area contributed by atoms with Gasteiger partial charge in [0.1, 0.15) is 5.56 Å². The number of fused-ring (bicyclic) bond motifs is 1. The Balaban J connectivity index is 1.51. The zero-order valence-corrected chi connectivity index (χ0v) is 13.6. The molecule has 3 rings (SSSR count). The zero-order chi connectivity index (χ0) is 16.1. The predicted octanol–water partition coefficient (Wildman–Crippen LogP) is 2.51. The molecule has 0 aliphatic heterocycles. The van der Waals surface area contributed by atoms with Gasteiger partial charge in [-0.05, 0) is 25.8 Å². The van der Waals surface area contributed by atoms with Gasteiger partial charge >= 0.3 is 0 Å². The number of hydrogen-bond acceptors (Lipinski definition) is 4. The smallest absolute Gasteiger partial charge is 0.257 e. The molecule has 0 bridgehead atoms. The minimum atomic E-state index is -0.138. The molecule has 0 spiro atoms. The molecule has 0 saturated heterocycles. The second kappa shape index (κ2) is 7.55. The van der Waals surface area contributed by atoms with Crippen LogP contribution in [0.15, 0.2) is 18.5 Å². The quantitative estimate of drug-likeness (QED) is 0.680. The van der Waals surface area contributed by atoms with Gasteiger partial charge in [0.15, 0.2) is 5.65 Å². The molecule has 1 N–H and O–H groups in total. The lowest BCUT2D eigenvalue weighted by atomic mass is 10.1. The molecule has 1 aliphatic carbocycles. The third-order valence-corrected chi connectivity index (χ3v) is 4.34. The van der Waals surface area contributed by atoms with Crippen molar-refractivity contribution in [3.63, 3.8) is 0 Å². The van der Waals surface area contributed by atoms with Crippen LogP contribution in [0.25, 0.3) is 5.65 Å². The first-order valence-corrected chi connectivity index (χ1v) is 8.45. The Morgan fingerprint density at radius 3 is 2.91 bits per heavy atom. The Kier molecular flexibility index (Phi) is 5.23. The first kappa shape index (κ1) is 15.9. The number of hydrogen-bond donors (Lipinski definition) is 1. The van der Waals surface area contributed by atoms with Crippen molar-refractivity contribution in [3.05, 3.63) is 29.7 Å². The van der Waals surface area contributed by atoms with Crippen LogP contribution >= 0.6 is 0 Å². The lowest BCUT2D eigenvalue weighted by Crippen LogP contribution is -2.29. The minimum absolute atomic E-state index is 0.138. The van der Waals surface area contributed by atoms with Crippen LogP contribution in [0, 0.1) is 6.92 Å². The van der Waals surface area contributed by atoms with Crippen LogP contribution in [-0.4, -0.2) is 39.8 Å². The average molecular weight is 316 g/mol. The number of carbonyl (C=O) groups excluding carboxylic acids is 1. The van der Waals surface area contributed by atoms with Crippen molar-refractivity contribution in [2.75, 3.05) is 13.2 Å². The minimum Gasteiger partial charge on any atom is -0.376 e. The number of rotatable bonds is 5. The molecule has 23 heavy (non-hydrogen) atoms. The maximum Gasteiger partial charge on any atom is 0.257 e. The summed E-state index contributed by atoms with van der Waals surface area (Å²) in [5, 5.41) is 7.22. The van der Waals surface area contributed by atoms with Crippen molar-refractivity contribution >= 4 is 11.6 Å². The summed E-state index contributed by atoms with van der Waals surface area (Å²) in [6, 6.07) is 1.79. The first-order chi connectivity index (χ1) is 11.3. The van der Waals surface area contributed by atoms with Crippen molar-refractivity contribution in [2.45, 2.75) is 51.6 Å². The molecule has 6 heteroatoms. The van der Waals surface area contributed by atoms with E-state index in [1.807, 2.05) is 6.92 Å². The Morgan fingerprint density at radius 1 is 1.35 bits per heavy atom. The number of ether oxygens (including phenoxy) is 1. The van der Waals surface area contributed by atoms with Gasteiger partial charge in [-0.1, -0.05) is 25.7 Å². The van der Waals surface area contributed by atoms with Crippen LogP contribution in [-0.2, 0) is 4.74 Å². The number of aryl methyl sites for hydroxylation is 1. The second-order valence-corrected chi connectivity index (χ2v) is 6.09. The van der Waals surface area contributed by atoms with Gasteiger partial charge in [-0.25, -0.2) is 9.50 Å². The van der Waals surface area contributed by atoms with E-state index >= 15 is 0 Å². The van der Waals surface area contributed by atoms with Crippen LogP contribution in [0.4, 0.5) is 0 Å². The molecule has 2 heterocycles. The summed E-state index contributed by atoms with van der Waals surface area (Å²) in [6.45, 7) is 2.90. The lowest BCUT2D eigenvalue weighted by molar-refractivity contribution is 0.0442. The van der Waals surface area contributed by atoms with Gasteiger partial charge in [0, 0.05) is 18.9 Å². The number of nitrogens with zero attached hydrogens (tertiary/aromatic N) is 3. The molecule has 2 aromatic heterocycles. The molecule has 0 atom stereocenters. The number of aromatic nitrogens is 3. The van der Waals surface area contributed by atoms with E-state index in [4.69, 9.17) is 4.74 Å². The van der Waals surface area contributed by atoms with Crippen LogP contribution < -0.4 is 5.32 Å². The van der Waals surface area contributed by atoms with E-state index in [2.05, 4.69) is 15.4 Å². The fourth-order valence-corrected chi connectivity index (χ4v) is 3.15. The first-order valence-electron chi connectivity index (χ1n) is 8.45. The zero-order valence-electron chi connectivity index (χ0n) is 13.6. The van der Waals surface area contributed by atoms with Crippen molar-refractivity contribution < 1.29 is 9.53 Å². The van der Waals surface area contributed by atoms with Crippen molar-refractivity contribution in [2.24, 2.45) is 0 Å². The molecule has 1 fully saturated rings. The monoisotopic (exact) mass is 316 g/mol. The van der Waals surface area contributed by atoms with Crippen molar-refractivity contribution in [1.29, 1.82) is 0 Å². The fraction of sp³-hybridized carbons (Fsp3) is 0.588. The molecule has 2 aromatic rings. The molecule has 0 unspecified atom stereocenters. The predicted molar refractivity (Wildman–Crippen MR) is 87.5 cm³/mol. The van der Waals surface area contributed by atoms with E-state index in [1.165, 1.54) is 25.7 Å². The Morgan fingerprint density at radius 2 is 2.13 bits per heavy atom. The number of amides is 1. The van der Waals surface area contributed by atoms with Gasteiger partial charge in [-0.2, -0.15) is 5.10 Å². The summed E-state index contributed by atoms with van der Waals surface area (Å²) in [5.41, 5.74) is 1.82. The maximum absolute atomic E-state index is 12.4. The molecular formula is C17H24N4O2. The second-order valence-electron chi connectivity index (χ2n) is 6.09. The largest absolute Gasteiger partial charge is 0.376 e. The van der Waals surface area contributed by atoms with E-state index in [0.717, 1.165) is 12.8 Å². The van der Waals surface area contributed by atoms with Crippen LogP contribution in [0.5, 0.6) is 0 Å². The molecule has 1 saturated carbocycles. The average Bonchev–Trinajstić information content (AvgIpc) is 2.72. The summed E-state index contributed by atoms with van der Waals surface area (Å²) < 4.78 is 7.53. The Hall–Kier alpha value is -1.95. The third kappa shape index (κ3) is 3.88. The summed E-state index contributed by atoms with van der Waals surface area (Å²) >= 11 is 0. The summed E-state index contributed by atoms with van der Waals surface area (Å²) in [7, 11) is 0. The molecule has 1 amide bonds. The SMILES string of the molecule is Cc1nn2cccnc2c1C(=O)NCCOC1CCCCCC1. The van der Waals surface area contributed by atoms with Gasteiger partial charge in [0.25, 0.3) is 5.91 Å². The standard InChI is InChI=1S/C17H24N4O2/c1-13-15(16-18-9-6-11-21(16)20-13)17(22)19-10-12-23-14-7-4-2-3-5-8-14/h6,9,11,14H,2-5,7-8,10,12H2,1H3,(H,19,22). The van der Waals surface area contributed by atoms with E-state index < -0.39 is 0 Å². The molecule has 6 nitrogen and oxygen atoms in total. The van der Waals surface area contributed by atoms with Gasteiger partial charge in [0.2, 0.25) is 0 Å². The maximum atomic E-state index is 12.4. The topological polar surface area (TPSA) is 68.5 Å². The highest BCUT2D eigenvalue weighted by atomic mass is 16.5. The fourth-order valence-electron chi connectivity index (χ4n) is 3.15. The van der Waals surface area contributed by atoms with Crippen molar-refractivity contribution in [3.8, 4) is 0 Å². The molecule has 1 aliphatic rings. The van der Waals surface area contributed by atoms with E-state index in [1.54, 1.807) is 23.0 Å². The van der Waals surface area contributed by atoms with Crippen LogP contribution in [0.3, 0.4) is 0 Å². The summed E-state index contributed by atoms with van der Waals surface area (Å²) in [4.78, 5) is 16.6. The van der Waals surface area contributed by atoms with Gasteiger partial charge in [-0.3, -0.25) is 4.79 Å². The van der Waals surface area contributed by atoms with Crippen LogP contribution in [0.1, 0.15) is 54.6 Å². The highest BCUT2D eigenvalue weighted by Crippen LogP contribution is 2.19. The number of nitrogens with one attached hydrogen (secondary N) is 1. The molecular weight excluding hydrogens is 292 g/mol. The van der Waals surface area contributed by atoms with Gasteiger partial charge in [0.05, 0.1) is 18.4 Å². The Bertz CT molecular complexity index is 660. The highest BCUT2D eigenvalue weighted by molar-refractivity contribution is 6.00. The molecule has 0 radical (unpaired) electrons. The van der Waals surface area contributed by atoms with E-state index in [-0.39, 0.29) is 5.91 Å². The third-order valence-electron chi connectivity index (χ3n) is 4.34. The lowest BCUT2D eigenvalue weighted by Gasteiger charge is -2.15. The molecule has 124 valence electrons. The van der Waals surface area contributed by atoms with Crippen molar-refractivity contribution in [1.82, 2.24) is 19.9 Å². The Labute approximate surface area is 136 Å². The van der Waals surface area contributed by atoms with Crippen LogP contribution in [0.2, 0.25) is 0 Å². The van der Waals surface area contributed by atoms with E-state index in [9.17, 15) is 4.79 Å². The van der Waals surface area contributed by atoms with Gasteiger partial charge < -0.3 is 10.1 Å².